The van der Waals surface area contributed by atoms with E-state index in [-0.39, 0.29) is 29.0 Å². The van der Waals surface area contributed by atoms with Crippen molar-refractivity contribution >= 4 is 98.8 Å². The van der Waals surface area contributed by atoms with Crippen molar-refractivity contribution in [1.29, 1.82) is 0 Å². The first-order valence-electron chi connectivity index (χ1n) is 8.99. The van der Waals surface area contributed by atoms with Crippen LogP contribution in [0.4, 0.5) is 5.69 Å². The number of ether oxygens (including phenoxy) is 1. The standard InChI is InChI=1S/C22H10Br4ClNO4/c23-17-15-16(18(24)20(26)19(17)25)22(31)28(21(15)30)12-3-1-2-4-13(12)32-14(29)9-10-5-7-11(27)8-6-10/h1-8H,9H2. The van der Waals surface area contributed by atoms with E-state index in [0.29, 0.717) is 22.9 Å². The molecule has 1 aliphatic heterocycles. The van der Waals surface area contributed by atoms with Crippen molar-refractivity contribution < 1.29 is 19.1 Å². The largest absolute Gasteiger partial charge is 0.424 e. The van der Waals surface area contributed by atoms with Crippen LogP contribution < -0.4 is 9.64 Å². The Labute approximate surface area is 221 Å². The highest BCUT2D eigenvalue weighted by molar-refractivity contribution is 9.15. The fraction of sp³-hybridized carbons (Fsp3) is 0.0455. The Morgan fingerprint density at radius 2 is 1.34 bits per heavy atom. The van der Waals surface area contributed by atoms with Crippen LogP contribution >= 0.6 is 75.3 Å². The van der Waals surface area contributed by atoms with E-state index in [1.54, 1.807) is 42.5 Å². The highest BCUT2D eigenvalue weighted by Crippen LogP contribution is 2.47. The molecule has 0 unspecified atom stereocenters. The Hall–Kier alpha value is -1.52. The Morgan fingerprint density at radius 3 is 1.91 bits per heavy atom. The van der Waals surface area contributed by atoms with Gasteiger partial charge < -0.3 is 4.74 Å². The van der Waals surface area contributed by atoms with Gasteiger partial charge in [0.15, 0.2) is 5.75 Å². The summed E-state index contributed by atoms with van der Waals surface area (Å²) in [6.45, 7) is 0. The second kappa shape index (κ2) is 9.38. The van der Waals surface area contributed by atoms with E-state index in [2.05, 4.69) is 63.7 Å². The van der Waals surface area contributed by atoms with Crippen LogP contribution in [0.5, 0.6) is 5.75 Å². The Kier molecular flexibility index (Phi) is 6.93. The third-order valence-electron chi connectivity index (χ3n) is 4.69. The zero-order chi connectivity index (χ0) is 23.2. The molecule has 0 saturated carbocycles. The Bertz CT molecular complexity index is 1250. The SMILES string of the molecule is O=C(Cc1ccc(Cl)cc1)Oc1ccccc1N1C(=O)c2c(Br)c(Br)c(Br)c(Br)c2C1=O. The number of halogens is 5. The molecule has 0 aliphatic carbocycles. The lowest BCUT2D eigenvalue weighted by Gasteiger charge is -2.17. The zero-order valence-electron chi connectivity index (χ0n) is 15.8. The molecule has 0 radical (unpaired) electrons. The van der Waals surface area contributed by atoms with Gasteiger partial charge in [0, 0.05) is 22.9 Å². The molecule has 0 N–H and O–H groups in total. The van der Waals surface area contributed by atoms with E-state index >= 15 is 0 Å². The predicted octanol–water partition coefficient (Wildman–Crippen LogP) is 7.34. The first kappa shape index (κ1) is 23.6. The van der Waals surface area contributed by atoms with E-state index < -0.39 is 17.8 Å². The molecule has 3 aromatic carbocycles. The molecule has 0 spiro atoms. The normalized spacial score (nSPS) is 12.8. The van der Waals surface area contributed by atoms with Gasteiger partial charge in [0.25, 0.3) is 11.8 Å². The van der Waals surface area contributed by atoms with Crippen LogP contribution in [0.15, 0.2) is 66.4 Å². The first-order chi connectivity index (χ1) is 15.2. The van der Waals surface area contributed by atoms with Crippen molar-refractivity contribution in [2.24, 2.45) is 0 Å². The monoisotopic (exact) mass is 703 g/mol. The summed E-state index contributed by atoms with van der Waals surface area (Å²) < 4.78 is 7.61. The van der Waals surface area contributed by atoms with E-state index in [9.17, 15) is 14.4 Å². The van der Waals surface area contributed by atoms with Gasteiger partial charge in [-0.05, 0) is 93.5 Å². The summed E-state index contributed by atoms with van der Waals surface area (Å²) in [4.78, 5) is 40.1. The molecular weight excluding hydrogens is 697 g/mol. The van der Waals surface area contributed by atoms with E-state index in [4.69, 9.17) is 16.3 Å². The fourth-order valence-corrected chi connectivity index (χ4v) is 5.81. The van der Waals surface area contributed by atoms with Gasteiger partial charge in [-0.15, -0.1) is 0 Å². The molecule has 162 valence electrons. The average Bonchev–Trinajstić information content (AvgIpc) is 3.03. The fourth-order valence-electron chi connectivity index (χ4n) is 3.22. The topological polar surface area (TPSA) is 63.7 Å². The lowest BCUT2D eigenvalue weighted by atomic mass is 10.1. The van der Waals surface area contributed by atoms with E-state index in [1.807, 2.05) is 0 Å². The lowest BCUT2D eigenvalue weighted by Crippen LogP contribution is -2.30. The van der Waals surface area contributed by atoms with Crippen molar-refractivity contribution in [3.63, 3.8) is 0 Å². The molecule has 32 heavy (non-hydrogen) atoms. The molecule has 0 fully saturated rings. The number of esters is 1. The number of carbonyl (C=O) groups excluding carboxylic acids is 3. The van der Waals surface area contributed by atoms with Gasteiger partial charge in [-0.2, -0.15) is 0 Å². The third-order valence-corrected chi connectivity index (χ3v) is 9.71. The molecule has 4 rings (SSSR count). The molecule has 0 bridgehead atoms. The minimum absolute atomic E-state index is 0.00457. The van der Waals surface area contributed by atoms with Crippen LogP contribution in [-0.2, 0) is 11.2 Å². The molecule has 5 nitrogen and oxygen atoms in total. The number of fused-ring (bicyclic) bond motifs is 1. The lowest BCUT2D eigenvalue weighted by molar-refractivity contribution is -0.133. The minimum Gasteiger partial charge on any atom is -0.424 e. The minimum atomic E-state index is -0.538. The molecule has 1 heterocycles. The Morgan fingerprint density at radius 1 is 0.812 bits per heavy atom. The number of imide groups is 1. The number of benzene rings is 3. The maximum atomic E-state index is 13.3. The molecule has 0 atom stereocenters. The number of hydrogen-bond acceptors (Lipinski definition) is 4. The molecule has 10 heteroatoms. The van der Waals surface area contributed by atoms with Crippen LogP contribution in [0, 0.1) is 0 Å². The number of hydrogen-bond donors (Lipinski definition) is 0. The molecule has 0 saturated heterocycles. The van der Waals surface area contributed by atoms with Gasteiger partial charge in [-0.1, -0.05) is 35.9 Å². The molecular formula is C22H10Br4ClNO4. The number of para-hydroxylation sites is 2. The highest BCUT2D eigenvalue weighted by Gasteiger charge is 2.43. The van der Waals surface area contributed by atoms with Gasteiger partial charge >= 0.3 is 5.97 Å². The van der Waals surface area contributed by atoms with Crippen LogP contribution in [0.25, 0.3) is 0 Å². The van der Waals surface area contributed by atoms with Gasteiger partial charge in [-0.25, -0.2) is 4.90 Å². The summed E-state index contributed by atoms with van der Waals surface area (Å²) in [5.74, 6) is -1.51. The smallest absolute Gasteiger partial charge is 0.315 e. The quantitative estimate of drug-likeness (QED) is 0.0937. The average molecular weight is 707 g/mol. The van der Waals surface area contributed by atoms with E-state index in [0.717, 1.165) is 10.5 Å². The van der Waals surface area contributed by atoms with Crippen molar-refractivity contribution in [3.8, 4) is 5.75 Å². The molecule has 1 aliphatic rings. The van der Waals surface area contributed by atoms with Crippen molar-refractivity contribution in [1.82, 2.24) is 0 Å². The summed E-state index contributed by atoms with van der Waals surface area (Å²) in [6.07, 6.45) is 0.00457. The summed E-state index contributed by atoms with van der Waals surface area (Å²) in [6, 6.07) is 13.2. The maximum absolute atomic E-state index is 13.3. The summed E-state index contributed by atoms with van der Waals surface area (Å²) in [7, 11) is 0. The molecule has 2 amide bonds. The second-order valence-corrected chi connectivity index (χ2v) is 10.3. The number of rotatable bonds is 4. The number of amides is 2. The first-order valence-corrected chi connectivity index (χ1v) is 12.5. The molecule has 3 aromatic rings. The van der Waals surface area contributed by atoms with E-state index in [1.165, 1.54) is 6.07 Å². The van der Waals surface area contributed by atoms with Gasteiger partial charge in [-0.3, -0.25) is 14.4 Å². The van der Waals surface area contributed by atoms with Crippen molar-refractivity contribution in [3.05, 3.63) is 88.1 Å². The Balaban J connectivity index is 1.68. The zero-order valence-corrected chi connectivity index (χ0v) is 22.9. The summed E-state index contributed by atoms with van der Waals surface area (Å²) >= 11 is 19.5. The maximum Gasteiger partial charge on any atom is 0.315 e. The summed E-state index contributed by atoms with van der Waals surface area (Å²) in [5, 5.41) is 0.564. The van der Waals surface area contributed by atoms with Crippen LogP contribution in [-0.4, -0.2) is 17.8 Å². The number of nitrogens with zero attached hydrogens (tertiary/aromatic N) is 1. The van der Waals surface area contributed by atoms with Gasteiger partial charge in [0.05, 0.1) is 23.2 Å². The van der Waals surface area contributed by atoms with Crippen LogP contribution in [0.2, 0.25) is 5.02 Å². The van der Waals surface area contributed by atoms with Crippen molar-refractivity contribution in [2.45, 2.75) is 6.42 Å². The van der Waals surface area contributed by atoms with Gasteiger partial charge in [0.1, 0.15) is 0 Å². The van der Waals surface area contributed by atoms with Crippen LogP contribution in [0.1, 0.15) is 26.3 Å². The van der Waals surface area contributed by atoms with Crippen LogP contribution in [0.3, 0.4) is 0 Å². The molecule has 0 aromatic heterocycles. The summed E-state index contributed by atoms with van der Waals surface area (Å²) in [5.41, 5.74) is 1.31. The number of carbonyl (C=O) groups is 3. The predicted molar refractivity (Wildman–Crippen MR) is 136 cm³/mol. The van der Waals surface area contributed by atoms with Crippen molar-refractivity contribution in [2.75, 3.05) is 4.90 Å². The highest BCUT2D eigenvalue weighted by atomic mass is 79.9. The van der Waals surface area contributed by atoms with Gasteiger partial charge in [0.2, 0.25) is 0 Å². The third kappa shape index (κ3) is 4.21. The second-order valence-electron chi connectivity index (χ2n) is 6.70. The number of anilines is 1.